The molecule has 0 saturated heterocycles. The molecule has 2 aromatic carbocycles. The summed E-state index contributed by atoms with van der Waals surface area (Å²) in [7, 11) is 0. The molecule has 0 aliphatic rings. The van der Waals surface area contributed by atoms with E-state index in [0.29, 0.717) is 12.6 Å². The fourth-order valence-corrected chi connectivity index (χ4v) is 3.66. The van der Waals surface area contributed by atoms with Crippen LogP contribution in [0, 0.1) is 11.3 Å². The smallest absolute Gasteiger partial charge is 0.362 e. The van der Waals surface area contributed by atoms with Crippen molar-refractivity contribution in [2.75, 3.05) is 23.7 Å². The standard InChI is InChI=1S/C21H19F6N3OS/c1-14(31)29-12-15-2-6-18(7-3-15)32-9-8-30(13-20(22,23)24)17-5-4-16(11-28)19(10-17)21(25,26)27/h2-7,10H,8-9,12-13H2,1H3,(H,29,31). The number of nitrogens with zero attached hydrogens (tertiary/aromatic N) is 2. The molecule has 0 aliphatic carbocycles. The number of hydrogen-bond acceptors (Lipinski definition) is 4. The maximum atomic E-state index is 13.2. The van der Waals surface area contributed by atoms with Gasteiger partial charge in [0.2, 0.25) is 5.91 Å². The molecule has 32 heavy (non-hydrogen) atoms. The van der Waals surface area contributed by atoms with Gasteiger partial charge < -0.3 is 10.2 Å². The topological polar surface area (TPSA) is 56.1 Å². The molecule has 0 saturated carbocycles. The molecule has 4 nitrogen and oxygen atoms in total. The molecule has 0 heterocycles. The van der Waals surface area contributed by atoms with E-state index in [-0.39, 0.29) is 23.9 Å². The lowest BCUT2D eigenvalue weighted by Crippen LogP contribution is -2.36. The lowest BCUT2D eigenvalue weighted by Gasteiger charge is -2.27. The van der Waals surface area contributed by atoms with Crippen molar-refractivity contribution in [3.05, 3.63) is 59.2 Å². The van der Waals surface area contributed by atoms with Crippen LogP contribution in [0.25, 0.3) is 0 Å². The predicted octanol–water partition coefficient (Wildman–Crippen LogP) is 5.37. The van der Waals surface area contributed by atoms with Gasteiger partial charge in [0.15, 0.2) is 0 Å². The first-order valence-corrected chi connectivity index (χ1v) is 10.3. The molecule has 0 spiro atoms. The molecule has 11 heteroatoms. The second-order valence-electron chi connectivity index (χ2n) is 6.78. The molecule has 1 N–H and O–H groups in total. The summed E-state index contributed by atoms with van der Waals surface area (Å²) in [4.78, 5) is 12.5. The minimum Gasteiger partial charge on any atom is -0.362 e. The molecule has 0 fully saturated rings. The summed E-state index contributed by atoms with van der Waals surface area (Å²) in [6.45, 7) is 0.149. The molecule has 0 bridgehead atoms. The van der Waals surface area contributed by atoms with E-state index in [2.05, 4.69) is 5.32 Å². The fraction of sp³-hybridized carbons (Fsp3) is 0.333. The minimum absolute atomic E-state index is 0.166. The number of carbonyl (C=O) groups is 1. The van der Waals surface area contributed by atoms with Crippen LogP contribution in [0.3, 0.4) is 0 Å². The van der Waals surface area contributed by atoms with Crippen LogP contribution in [0.2, 0.25) is 0 Å². The number of thioether (sulfide) groups is 1. The number of carbonyl (C=O) groups excluding carboxylic acids is 1. The Morgan fingerprint density at radius 2 is 1.75 bits per heavy atom. The predicted molar refractivity (Wildman–Crippen MR) is 109 cm³/mol. The first-order valence-electron chi connectivity index (χ1n) is 9.28. The Balaban J connectivity index is 2.12. The van der Waals surface area contributed by atoms with Gasteiger partial charge in [-0.2, -0.15) is 31.6 Å². The minimum atomic E-state index is -4.86. The monoisotopic (exact) mass is 475 g/mol. The van der Waals surface area contributed by atoms with Gasteiger partial charge in [0, 0.05) is 36.3 Å². The first-order chi connectivity index (χ1) is 14.9. The molecule has 0 aromatic heterocycles. The lowest BCUT2D eigenvalue weighted by molar-refractivity contribution is -0.137. The van der Waals surface area contributed by atoms with E-state index in [1.165, 1.54) is 24.8 Å². The zero-order valence-electron chi connectivity index (χ0n) is 16.8. The van der Waals surface area contributed by atoms with Gasteiger partial charge in [-0.25, -0.2) is 0 Å². The summed E-state index contributed by atoms with van der Waals surface area (Å²) in [6.07, 6.45) is -9.49. The average Bonchev–Trinajstić information content (AvgIpc) is 2.70. The fourth-order valence-electron chi connectivity index (χ4n) is 2.78. The highest BCUT2D eigenvalue weighted by atomic mass is 32.2. The molecule has 2 rings (SSSR count). The van der Waals surface area contributed by atoms with Crippen molar-refractivity contribution in [3.63, 3.8) is 0 Å². The summed E-state index contributed by atoms with van der Waals surface area (Å²) < 4.78 is 78.7. The summed E-state index contributed by atoms with van der Waals surface area (Å²) in [5, 5.41) is 11.5. The largest absolute Gasteiger partial charge is 0.417 e. The van der Waals surface area contributed by atoms with Gasteiger partial charge in [-0.3, -0.25) is 4.79 Å². The zero-order chi connectivity index (χ0) is 23.9. The third-order valence-corrected chi connectivity index (χ3v) is 5.25. The van der Waals surface area contributed by atoms with Crippen LogP contribution in [-0.4, -0.2) is 30.9 Å². The van der Waals surface area contributed by atoms with Crippen LogP contribution in [0.4, 0.5) is 32.0 Å². The quantitative estimate of drug-likeness (QED) is 0.412. The number of nitrogens with one attached hydrogen (secondary N) is 1. The van der Waals surface area contributed by atoms with Crippen LogP contribution in [0.5, 0.6) is 0 Å². The van der Waals surface area contributed by atoms with Gasteiger partial charge in [-0.15, -0.1) is 11.8 Å². The molecule has 0 atom stereocenters. The van der Waals surface area contributed by atoms with E-state index in [1.807, 2.05) is 0 Å². The Morgan fingerprint density at radius 3 is 2.28 bits per heavy atom. The van der Waals surface area contributed by atoms with Gasteiger partial charge in [0.05, 0.1) is 17.2 Å². The first kappa shape index (κ1) is 25.4. The highest BCUT2D eigenvalue weighted by Gasteiger charge is 2.36. The van der Waals surface area contributed by atoms with E-state index < -0.39 is 30.0 Å². The number of rotatable bonds is 8. The Kier molecular flexibility index (Phi) is 8.44. The van der Waals surface area contributed by atoms with Crippen molar-refractivity contribution in [1.29, 1.82) is 5.26 Å². The number of anilines is 1. The highest BCUT2D eigenvalue weighted by molar-refractivity contribution is 7.99. The number of benzene rings is 2. The van der Waals surface area contributed by atoms with Crippen LogP contribution in [0.15, 0.2) is 47.4 Å². The number of nitriles is 1. The number of halogens is 6. The summed E-state index contributed by atoms with van der Waals surface area (Å²) in [5.74, 6) is 0.00680. The van der Waals surface area contributed by atoms with Gasteiger partial charge >= 0.3 is 12.4 Å². The molecular weight excluding hydrogens is 456 g/mol. The van der Waals surface area contributed by atoms with E-state index in [9.17, 15) is 31.1 Å². The molecular formula is C21H19F6N3OS. The summed E-state index contributed by atoms with van der Waals surface area (Å²) >= 11 is 1.25. The number of hydrogen-bond donors (Lipinski definition) is 1. The average molecular weight is 475 g/mol. The number of alkyl halides is 6. The van der Waals surface area contributed by atoms with E-state index in [0.717, 1.165) is 27.5 Å². The molecule has 1 amide bonds. The van der Waals surface area contributed by atoms with Crippen molar-refractivity contribution in [2.45, 2.75) is 30.7 Å². The van der Waals surface area contributed by atoms with Gasteiger partial charge in [0.1, 0.15) is 6.54 Å². The Morgan fingerprint density at radius 1 is 1.09 bits per heavy atom. The zero-order valence-corrected chi connectivity index (χ0v) is 17.7. The van der Waals surface area contributed by atoms with Crippen molar-refractivity contribution < 1.29 is 31.1 Å². The Labute approximate surface area is 185 Å². The Bertz CT molecular complexity index is 967. The van der Waals surface area contributed by atoms with E-state index in [4.69, 9.17) is 5.26 Å². The Hall–Kier alpha value is -2.87. The van der Waals surface area contributed by atoms with Crippen LogP contribution in [0.1, 0.15) is 23.6 Å². The van der Waals surface area contributed by atoms with Crippen molar-refractivity contribution >= 4 is 23.4 Å². The van der Waals surface area contributed by atoms with Crippen LogP contribution >= 0.6 is 11.8 Å². The molecule has 0 aliphatic heterocycles. The molecule has 172 valence electrons. The summed E-state index contributed by atoms with van der Waals surface area (Å²) in [5.41, 5.74) is -1.34. The van der Waals surface area contributed by atoms with E-state index in [1.54, 1.807) is 24.3 Å². The number of amides is 1. The molecule has 0 radical (unpaired) electrons. The van der Waals surface area contributed by atoms with Crippen molar-refractivity contribution in [2.24, 2.45) is 0 Å². The third-order valence-electron chi connectivity index (χ3n) is 4.26. The van der Waals surface area contributed by atoms with Crippen LogP contribution in [-0.2, 0) is 17.5 Å². The van der Waals surface area contributed by atoms with Gasteiger partial charge in [-0.1, -0.05) is 12.1 Å². The van der Waals surface area contributed by atoms with Gasteiger partial charge in [0.25, 0.3) is 0 Å². The van der Waals surface area contributed by atoms with Crippen molar-refractivity contribution in [3.8, 4) is 6.07 Å². The van der Waals surface area contributed by atoms with Gasteiger partial charge in [-0.05, 0) is 35.9 Å². The normalized spacial score (nSPS) is 11.7. The highest BCUT2D eigenvalue weighted by Crippen LogP contribution is 2.35. The van der Waals surface area contributed by atoms with E-state index >= 15 is 0 Å². The lowest BCUT2D eigenvalue weighted by atomic mass is 10.1. The summed E-state index contributed by atoms with van der Waals surface area (Å²) in [6, 6.07) is 11.0. The third kappa shape index (κ3) is 8.00. The maximum Gasteiger partial charge on any atom is 0.417 e. The second-order valence-corrected chi connectivity index (χ2v) is 7.95. The SMILES string of the molecule is CC(=O)NCc1ccc(SCCN(CC(F)(F)F)c2ccc(C#N)c(C(F)(F)F)c2)cc1. The molecule has 2 aromatic rings. The molecule has 0 unspecified atom stereocenters. The van der Waals surface area contributed by atoms with Crippen LogP contribution < -0.4 is 10.2 Å². The second kappa shape index (κ2) is 10.6. The maximum absolute atomic E-state index is 13.2. The van der Waals surface area contributed by atoms with Crippen molar-refractivity contribution in [1.82, 2.24) is 5.32 Å².